The van der Waals surface area contributed by atoms with Crippen LogP contribution in [0.2, 0.25) is 5.02 Å². The van der Waals surface area contributed by atoms with Gasteiger partial charge in [-0.3, -0.25) is 4.21 Å². The molecule has 6 heteroatoms. The Kier molecular flexibility index (Phi) is 4.26. The first-order chi connectivity index (χ1) is 7.04. The van der Waals surface area contributed by atoms with E-state index in [1.807, 2.05) is 0 Å². The predicted molar refractivity (Wildman–Crippen MR) is 55.4 cm³/mol. The first-order valence-electron chi connectivity index (χ1n) is 3.97. The van der Waals surface area contributed by atoms with E-state index in [-0.39, 0.29) is 11.3 Å². The molecule has 0 aliphatic rings. The van der Waals surface area contributed by atoms with Crippen molar-refractivity contribution in [3.8, 4) is 0 Å². The second kappa shape index (κ2) is 5.25. The largest absolute Gasteiger partial charge is 0.772 e. The Bertz CT molecular complexity index is 405. The second-order valence-electron chi connectivity index (χ2n) is 2.75. The number of methoxy groups -OCH3 is 1. The normalized spacial score (nSPS) is 12.2. The molecule has 15 heavy (non-hydrogen) atoms. The van der Waals surface area contributed by atoms with Crippen LogP contribution in [0, 0.1) is 0 Å². The maximum absolute atomic E-state index is 11.1. The molecule has 0 fully saturated rings. The van der Waals surface area contributed by atoms with E-state index in [1.165, 1.54) is 25.3 Å². The minimum absolute atomic E-state index is 0.219. The lowest BCUT2D eigenvalue weighted by molar-refractivity contribution is 0.0600. The van der Waals surface area contributed by atoms with Crippen molar-refractivity contribution in [2.45, 2.75) is 5.75 Å². The van der Waals surface area contributed by atoms with E-state index in [2.05, 4.69) is 4.74 Å². The third-order valence-corrected chi connectivity index (χ3v) is 2.66. The minimum Gasteiger partial charge on any atom is -0.772 e. The molecule has 0 saturated heterocycles. The number of hydrogen-bond acceptors (Lipinski definition) is 4. The summed E-state index contributed by atoms with van der Waals surface area (Å²) in [7, 11) is 1.25. The molecule has 1 aromatic carbocycles. The van der Waals surface area contributed by atoms with E-state index >= 15 is 0 Å². The van der Waals surface area contributed by atoms with E-state index in [9.17, 15) is 13.6 Å². The van der Waals surface area contributed by atoms with E-state index in [0.29, 0.717) is 10.6 Å². The molecule has 0 aliphatic heterocycles. The molecule has 0 aliphatic carbocycles. The van der Waals surface area contributed by atoms with Crippen LogP contribution in [-0.2, 0) is 21.6 Å². The molecule has 1 unspecified atom stereocenters. The Hall–Kier alpha value is -0.910. The highest BCUT2D eigenvalue weighted by molar-refractivity contribution is 7.78. The second-order valence-corrected chi connectivity index (χ2v) is 4.05. The monoisotopic (exact) mass is 247 g/mol. The highest BCUT2D eigenvalue weighted by atomic mass is 35.5. The summed E-state index contributed by atoms with van der Waals surface area (Å²) in [4.78, 5) is 11.1. The summed E-state index contributed by atoms with van der Waals surface area (Å²) in [6.45, 7) is 0. The van der Waals surface area contributed by atoms with E-state index in [4.69, 9.17) is 11.6 Å². The molecule has 4 nitrogen and oxygen atoms in total. The fraction of sp³-hybridized carbons (Fsp3) is 0.222. The van der Waals surface area contributed by atoms with Gasteiger partial charge in [0.05, 0.1) is 12.7 Å². The van der Waals surface area contributed by atoms with Crippen molar-refractivity contribution in [3.63, 3.8) is 0 Å². The van der Waals surface area contributed by atoms with Crippen LogP contribution < -0.4 is 0 Å². The van der Waals surface area contributed by atoms with Crippen molar-refractivity contribution >= 4 is 28.7 Å². The Morgan fingerprint density at radius 1 is 1.60 bits per heavy atom. The molecule has 1 rings (SSSR count). The van der Waals surface area contributed by atoms with Crippen LogP contribution in [-0.4, -0.2) is 21.8 Å². The molecular formula is C9H8ClO4S-. The SMILES string of the molecule is COC(=O)c1ccc(Cl)c(CS(=O)[O-])c1. The van der Waals surface area contributed by atoms with Crippen molar-refractivity contribution in [2.75, 3.05) is 7.11 Å². The molecular weight excluding hydrogens is 240 g/mol. The van der Waals surface area contributed by atoms with Crippen LogP contribution in [0.5, 0.6) is 0 Å². The van der Waals surface area contributed by atoms with Gasteiger partial charge in [-0.1, -0.05) is 22.7 Å². The van der Waals surface area contributed by atoms with Gasteiger partial charge in [0.25, 0.3) is 0 Å². The summed E-state index contributed by atoms with van der Waals surface area (Å²) >= 11 is 3.53. The van der Waals surface area contributed by atoms with Gasteiger partial charge in [-0.05, 0) is 23.8 Å². The van der Waals surface area contributed by atoms with E-state index < -0.39 is 17.0 Å². The summed E-state index contributed by atoms with van der Waals surface area (Å²) in [5.41, 5.74) is 0.662. The molecule has 1 aromatic rings. The zero-order chi connectivity index (χ0) is 11.4. The summed E-state index contributed by atoms with van der Waals surface area (Å²) in [6.07, 6.45) is 0. The van der Waals surface area contributed by atoms with Crippen LogP contribution in [0.4, 0.5) is 0 Å². The van der Waals surface area contributed by atoms with Crippen molar-refractivity contribution in [3.05, 3.63) is 34.3 Å². The molecule has 0 aromatic heterocycles. The predicted octanol–water partition coefficient (Wildman–Crippen LogP) is 1.51. The summed E-state index contributed by atoms with van der Waals surface area (Å²) < 4.78 is 25.5. The lowest BCUT2D eigenvalue weighted by Crippen LogP contribution is -2.03. The van der Waals surface area contributed by atoms with Crippen LogP contribution in [0.15, 0.2) is 18.2 Å². The lowest BCUT2D eigenvalue weighted by Gasteiger charge is -2.08. The molecule has 0 spiro atoms. The smallest absolute Gasteiger partial charge is 0.337 e. The summed E-state index contributed by atoms with van der Waals surface area (Å²) in [5, 5.41) is 0.312. The average Bonchev–Trinajstić information content (AvgIpc) is 2.19. The number of hydrogen-bond donors (Lipinski definition) is 0. The Balaban J connectivity index is 3.05. The zero-order valence-electron chi connectivity index (χ0n) is 7.86. The van der Waals surface area contributed by atoms with Gasteiger partial charge in [0.15, 0.2) is 0 Å². The van der Waals surface area contributed by atoms with Crippen LogP contribution in [0.1, 0.15) is 15.9 Å². The Labute approximate surface area is 94.5 Å². The fourth-order valence-corrected chi connectivity index (χ4v) is 1.81. The van der Waals surface area contributed by atoms with Crippen LogP contribution in [0.3, 0.4) is 0 Å². The third-order valence-electron chi connectivity index (χ3n) is 1.74. The number of carbonyl (C=O) groups excluding carboxylic acids is 1. The topological polar surface area (TPSA) is 66.4 Å². The van der Waals surface area contributed by atoms with Gasteiger partial charge in [-0.15, -0.1) is 0 Å². The van der Waals surface area contributed by atoms with Crippen molar-refractivity contribution in [2.24, 2.45) is 0 Å². The number of rotatable bonds is 3. The number of ether oxygens (including phenoxy) is 1. The summed E-state index contributed by atoms with van der Waals surface area (Å²) in [5.74, 6) is -0.742. The highest BCUT2D eigenvalue weighted by Gasteiger charge is 2.08. The van der Waals surface area contributed by atoms with E-state index in [1.54, 1.807) is 0 Å². The quantitative estimate of drug-likeness (QED) is 0.600. The van der Waals surface area contributed by atoms with Crippen LogP contribution in [0.25, 0.3) is 0 Å². The Morgan fingerprint density at radius 3 is 2.80 bits per heavy atom. The molecule has 1 atom stereocenters. The molecule has 0 radical (unpaired) electrons. The minimum atomic E-state index is -2.24. The van der Waals surface area contributed by atoms with Gasteiger partial charge in [0.1, 0.15) is 0 Å². The molecule has 0 amide bonds. The van der Waals surface area contributed by atoms with Gasteiger partial charge in [-0.25, -0.2) is 4.79 Å². The molecule has 0 saturated carbocycles. The number of esters is 1. The van der Waals surface area contributed by atoms with Crippen molar-refractivity contribution in [1.82, 2.24) is 0 Å². The van der Waals surface area contributed by atoms with E-state index in [0.717, 1.165) is 0 Å². The third kappa shape index (κ3) is 3.30. The molecule has 0 N–H and O–H groups in total. The first-order valence-corrected chi connectivity index (χ1v) is 5.59. The van der Waals surface area contributed by atoms with Gasteiger partial charge in [-0.2, -0.15) is 0 Å². The zero-order valence-corrected chi connectivity index (χ0v) is 9.43. The number of benzene rings is 1. The standard InChI is InChI=1S/C9H9ClO4S/c1-14-9(11)6-2-3-8(10)7(4-6)5-15(12)13/h2-4H,5H2,1H3,(H,12,13)/p-1. The molecule has 82 valence electrons. The average molecular weight is 248 g/mol. The first kappa shape index (κ1) is 12.2. The maximum Gasteiger partial charge on any atom is 0.337 e. The van der Waals surface area contributed by atoms with Gasteiger partial charge in [0, 0.05) is 10.8 Å². The highest BCUT2D eigenvalue weighted by Crippen LogP contribution is 2.19. The van der Waals surface area contributed by atoms with Crippen LogP contribution >= 0.6 is 11.6 Å². The van der Waals surface area contributed by atoms with Crippen molar-refractivity contribution < 1.29 is 18.3 Å². The van der Waals surface area contributed by atoms with Gasteiger partial charge >= 0.3 is 5.97 Å². The van der Waals surface area contributed by atoms with Gasteiger partial charge < -0.3 is 9.29 Å². The number of carbonyl (C=O) groups is 1. The van der Waals surface area contributed by atoms with Crippen molar-refractivity contribution in [1.29, 1.82) is 0 Å². The Morgan fingerprint density at radius 2 is 2.27 bits per heavy atom. The number of halogens is 1. The lowest BCUT2D eigenvalue weighted by atomic mass is 10.1. The maximum atomic E-state index is 11.1. The fourth-order valence-electron chi connectivity index (χ4n) is 1.06. The summed E-state index contributed by atoms with van der Waals surface area (Å²) in [6, 6.07) is 4.35. The molecule has 0 heterocycles. The molecule has 0 bridgehead atoms. The van der Waals surface area contributed by atoms with Gasteiger partial charge in [0.2, 0.25) is 0 Å².